The van der Waals surface area contributed by atoms with E-state index in [1.807, 2.05) is 25.1 Å². The number of hydrogen-bond acceptors (Lipinski definition) is 5. The zero-order chi connectivity index (χ0) is 15.9. The maximum absolute atomic E-state index is 12.3. The Kier molecular flexibility index (Phi) is 5.66. The summed E-state index contributed by atoms with van der Waals surface area (Å²) in [5.41, 5.74) is 0.634. The largest absolute Gasteiger partial charge is 0.497 e. The molecule has 0 saturated heterocycles. The van der Waals surface area contributed by atoms with Gasteiger partial charge in [0.25, 0.3) is 0 Å². The van der Waals surface area contributed by atoms with Crippen LogP contribution in [-0.2, 0) is 4.79 Å². The number of nitrogens with zero attached hydrogens (tertiary/aromatic N) is 1. The highest BCUT2D eigenvalue weighted by Crippen LogP contribution is 2.27. The number of amides is 1. The van der Waals surface area contributed by atoms with Gasteiger partial charge in [-0.2, -0.15) is 0 Å². The number of aromatic nitrogens is 1. The van der Waals surface area contributed by atoms with Crippen LogP contribution in [-0.4, -0.2) is 30.4 Å². The van der Waals surface area contributed by atoms with E-state index in [-0.39, 0.29) is 11.2 Å². The Balaban J connectivity index is 2.04. The molecule has 0 fully saturated rings. The van der Waals surface area contributed by atoms with Gasteiger partial charge >= 0.3 is 0 Å². The maximum Gasteiger partial charge on any atom is 0.237 e. The Morgan fingerprint density at radius 2 is 1.86 bits per heavy atom. The number of nitrogens with one attached hydrogen (secondary N) is 1. The molecule has 0 aliphatic carbocycles. The van der Waals surface area contributed by atoms with Gasteiger partial charge in [-0.1, -0.05) is 17.8 Å². The molecule has 1 N–H and O–H groups in total. The second kappa shape index (κ2) is 7.70. The first-order valence-corrected chi connectivity index (χ1v) is 7.62. The first-order valence-electron chi connectivity index (χ1n) is 6.74. The molecule has 1 aromatic heterocycles. The highest BCUT2D eigenvalue weighted by molar-refractivity contribution is 8.00. The van der Waals surface area contributed by atoms with Crippen molar-refractivity contribution in [2.45, 2.75) is 17.2 Å². The predicted octanol–water partition coefficient (Wildman–Crippen LogP) is 3.22. The maximum atomic E-state index is 12.3. The lowest BCUT2D eigenvalue weighted by Gasteiger charge is -2.13. The Morgan fingerprint density at radius 3 is 2.41 bits per heavy atom. The van der Waals surface area contributed by atoms with Crippen LogP contribution in [0.1, 0.15) is 6.92 Å². The number of carbonyl (C=O) groups is 1. The molecule has 0 saturated carbocycles. The van der Waals surface area contributed by atoms with E-state index in [2.05, 4.69) is 10.3 Å². The van der Waals surface area contributed by atoms with E-state index in [0.29, 0.717) is 17.2 Å². The molecule has 1 unspecified atom stereocenters. The predicted molar refractivity (Wildman–Crippen MR) is 87.7 cm³/mol. The minimum absolute atomic E-state index is 0.106. The summed E-state index contributed by atoms with van der Waals surface area (Å²) in [4.78, 5) is 16.5. The van der Waals surface area contributed by atoms with Crippen molar-refractivity contribution >= 4 is 23.4 Å². The van der Waals surface area contributed by atoms with Gasteiger partial charge in [-0.3, -0.25) is 4.79 Å². The van der Waals surface area contributed by atoms with Gasteiger partial charge in [0.2, 0.25) is 5.91 Å². The zero-order valence-electron chi connectivity index (χ0n) is 12.7. The Labute approximate surface area is 134 Å². The molecule has 1 heterocycles. The fourth-order valence-electron chi connectivity index (χ4n) is 1.77. The molecule has 2 rings (SSSR count). The van der Waals surface area contributed by atoms with Crippen molar-refractivity contribution in [3.8, 4) is 11.5 Å². The summed E-state index contributed by atoms with van der Waals surface area (Å²) < 4.78 is 10.4. The fraction of sp³-hybridized carbons (Fsp3) is 0.250. The number of benzene rings is 1. The highest BCUT2D eigenvalue weighted by Gasteiger charge is 2.16. The summed E-state index contributed by atoms with van der Waals surface area (Å²) in [6.07, 6.45) is 1.71. The summed E-state index contributed by atoms with van der Waals surface area (Å²) in [6, 6.07) is 10.9. The number of methoxy groups -OCH3 is 2. The van der Waals surface area contributed by atoms with Crippen molar-refractivity contribution < 1.29 is 14.3 Å². The van der Waals surface area contributed by atoms with Crippen molar-refractivity contribution in [3.05, 3.63) is 42.6 Å². The topological polar surface area (TPSA) is 60.5 Å². The third-order valence-corrected chi connectivity index (χ3v) is 3.97. The highest BCUT2D eigenvalue weighted by atomic mass is 32.2. The molecule has 1 aromatic carbocycles. The van der Waals surface area contributed by atoms with E-state index < -0.39 is 0 Å². The van der Waals surface area contributed by atoms with E-state index in [9.17, 15) is 4.79 Å². The summed E-state index contributed by atoms with van der Waals surface area (Å²) >= 11 is 1.41. The lowest BCUT2D eigenvalue weighted by Crippen LogP contribution is -2.22. The Morgan fingerprint density at radius 1 is 1.18 bits per heavy atom. The molecule has 6 heteroatoms. The minimum atomic E-state index is -0.271. The van der Waals surface area contributed by atoms with Crippen LogP contribution in [0.25, 0.3) is 0 Å². The first-order chi connectivity index (χ1) is 10.6. The van der Waals surface area contributed by atoms with Gasteiger partial charge in [-0.25, -0.2) is 4.98 Å². The first kappa shape index (κ1) is 16.2. The average Bonchev–Trinajstić information content (AvgIpc) is 2.55. The molecule has 0 radical (unpaired) electrons. The fourth-order valence-corrected chi connectivity index (χ4v) is 2.58. The van der Waals surface area contributed by atoms with Crippen LogP contribution in [0.2, 0.25) is 0 Å². The molecule has 116 valence electrons. The molecule has 5 nitrogen and oxygen atoms in total. The van der Waals surface area contributed by atoms with E-state index >= 15 is 0 Å². The van der Waals surface area contributed by atoms with Gasteiger partial charge in [-0.15, -0.1) is 0 Å². The van der Waals surface area contributed by atoms with Gasteiger partial charge in [-0.05, 0) is 19.1 Å². The third kappa shape index (κ3) is 4.39. The summed E-state index contributed by atoms with van der Waals surface area (Å²) in [5.74, 6) is 1.14. The van der Waals surface area contributed by atoms with E-state index in [1.54, 1.807) is 38.6 Å². The van der Waals surface area contributed by atoms with Gasteiger partial charge in [0, 0.05) is 30.1 Å². The molecular formula is C16H18N2O3S. The van der Waals surface area contributed by atoms with Crippen LogP contribution in [0.15, 0.2) is 47.6 Å². The summed E-state index contributed by atoms with van der Waals surface area (Å²) in [6.45, 7) is 1.84. The average molecular weight is 318 g/mol. The number of carbonyl (C=O) groups excluding carboxylic acids is 1. The molecule has 0 aliphatic rings. The summed E-state index contributed by atoms with van der Waals surface area (Å²) in [7, 11) is 3.14. The van der Waals surface area contributed by atoms with Crippen LogP contribution < -0.4 is 14.8 Å². The number of thioether (sulfide) groups is 1. The lowest BCUT2D eigenvalue weighted by atomic mass is 10.2. The van der Waals surface area contributed by atoms with Gasteiger partial charge in [0.1, 0.15) is 11.5 Å². The minimum Gasteiger partial charge on any atom is -0.497 e. The van der Waals surface area contributed by atoms with E-state index in [4.69, 9.17) is 9.47 Å². The van der Waals surface area contributed by atoms with Crippen LogP contribution in [0.5, 0.6) is 11.5 Å². The third-order valence-electron chi connectivity index (χ3n) is 2.92. The number of hydrogen-bond donors (Lipinski definition) is 1. The molecule has 0 spiro atoms. The SMILES string of the molecule is COc1cc(NC(=O)C(C)Sc2ccccn2)cc(OC)c1. The van der Waals surface area contributed by atoms with Gasteiger partial charge < -0.3 is 14.8 Å². The second-order valence-electron chi connectivity index (χ2n) is 4.52. The second-order valence-corrected chi connectivity index (χ2v) is 5.88. The van der Waals surface area contributed by atoms with Gasteiger partial charge in [0.05, 0.1) is 24.5 Å². The normalized spacial score (nSPS) is 11.6. The van der Waals surface area contributed by atoms with Gasteiger partial charge in [0.15, 0.2) is 0 Å². The number of pyridine rings is 1. The molecule has 1 amide bonds. The molecule has 22 heavy (non-hydrogen) atoms. The van der Waals surface area contributed by atoms with Crippen LogP contribution in [0.4, 0.5) is 5.69 Å². The number of anilines is 1. The standard InChI is InChI=1S/C16H18N2O3S/c1-11(22-15-6-4-5-7-17-15)16(19)18-12-8-13(20-2)10-14(9-12)21-3/h4-11H,1-3H3,(H,18,19). The van der Waals surface area contributed by atoms with Crippen molar-refractivity contribution in [2.24, 2.45) is 0 Å². The number of rotatable bonds is 6. The Bertz CT molecular complexity index is 612. The molecule has 0 aliphatic heterocycles. The van der Waals surface area contributed by atoms with Crippen LogP contribution in [0, 0.1) is 0 Å². The smallest absolute Gasteiger partial charge is 0.237 e. The molecular weight excluding hydrogens is 300 g/mol. The van der Waals surface area contributed by atoms with Crippen molar-refractivity contribution in [1.29, 1.82) is 0 Å². The van der Waals surface area contributed by atoms with E-state index in [1.165, 1.54) is 11.8 Å². The van der Waals surface area contributed by atoms with E-state index in [0.717, 1.165) is 5.03 Å². The lowest BCUT2D eigenvalue weighted by molar-refractivity contribution is -0.115. The Hall–Kier alpha value is -2.21. The quantitative estimate of drug-likeness (QED) is 0.829. The molecule has 2 aromatic rings. The zero-order valence-corrected chi connectivity index (χ0v) is 13.5. The van der Waals surface area contributed by atoms with Crippen LogP contribution >= 0.6 is 11.8 Å². The molecule has 0 bridgehead atoms. The van der Waals surface area contributed by atoms with Crippen LogP contribution in [0.3, 0.4) is 0 Å². The monoisotopic (exact) mass is 318 g/mol. The summed E-state index contributed by atoms with van der Waals surface area (Å²) in [5, 5.41) is 3.41. The van der Waals surface area contributed by atoms with Crippen molar-refractivity contribution in [3.63, 3.8) is 0 Å². The van der Waals surface area contributed by atoms with Crippen molar-refractivity contribution in [1.82, 2.24) is 4.98 Å². The molecule has 1 atom stereocenters. The van der Waals surface area contributed by atoms with Crippen molar-refractivity contribution in [2.75, 3.05) is 19.5 Å². The number of ether oxygens (including phenoxy) is 2.